The summed E-state index contributed by atoms with van der Waals surface area (Å²) in [6, 6.07) is 67.0. The fourth-order valence-electron chi connectivity index (χ4n) is 13.8. The van der Waals surface area contributed by atoms with Gasteiger partial charge in [-0.1, -0.05) is 152 Å². The van der Waals surface area contributed by atoms with Crippen LogP contribution in [0.5, 0.6) is 0 Å². The van der Waals surface area contributed by atoms with Crippen LogP contribution in [0.25, 0.3) is 93.2 Å². The lowest BCUT2D eigenvalue weighted by atomic mass is 9.43. The molecule has 4 bridgehead atoms. The van der Waals surface area contributed by atoms with Gasteiger partial charge in [-0.15, -0.1) is 0 Å². The third-order valence-electron chi connectivity index (χ3n) is 15.7. The van der Waals surface area contributed by atoms with Gasteiger partial charge in [-0.05, 0) is 146 Å². The van der Waals surface area contributed by atoms with Crippen LogP contribution in [-0.2, 0) is 5.41 Å². The van der Waals surface area contributed by atoms with Gasteiger partial charge >= 0.3 is 0 Å². The molecule has 1 heteroatoms. The fraction of sp³-hybridized carbons (Fsp3) is 0.172. The van der Waals surface area contributed by atoms with Crippen molar-refractivity contribution in [1.29, 1.82) is 0 Å². The maximum atomic E-state index is 2.59. The SMILES string of the molecule is c1ccc(-c2c3ccccc3c(-n3c4ccccc4c4cc(-c5ccc6c(c5)-c5ccc7ccccc7c5C65C6CC7CC(C6)CC5C7)ccc43)c3ccccc23)cc1. The highest BCUT2D eigenvalue weighted by Gasteiger charge is 2.62. The van der Waals surface area contributed by atoms with E-state index in [1.54, 1.807) is 11.1 Å². The normalized spacial score (nSPS) is 22.6. The van der Waals surface area contributed by atoms with E-state index in [-0.39, 0.29) is 5.41 Å². The van der Waals surface area contributed by atoms with E-state index < -0.39 is 0 Å². The van der Waals surface area contributed by atoms with Crippen molar-refractivity contribution >= 4 is 54.1 Å². The zero-order valence-electron chi connectivity index (χ0n) is 33.0. The molecular weight excluding hydrogens is 711 g/mol. The first-order chi connectivity index (χ1) is 29.2. The minimum atomic E-state index is 0.135. The Morgan fingerprint density at radius 3 is 1.69 bits per heavy atom. The van der Waals surface area contributed by atoms with Crippen LogP contribution in [0.4, 0.5) is 0 Å². The Bertz CT molecular complexity index is 3310. The Morgan fingerprint density at radius 1 is 0.390 bits per heavy atom. The van der Waals surface area contributed by atoms with Gasteiger partial charge < -0.3 is 4.57 Å². The Balaban J connectivity index is 0.991. The van der Waals surface area contributed by atoms with E-state index in [2.05, 4.69) is 180 Å². The van der Waals surface area contributed by atoms with Gasteiger partial charge in [0.15, 0.2) is 0 Å². The molecule has 59 heavy (non-hydrogen) atoms. The summed E-state index contributed by atoms with van der Waals surface area (Å²) in [5, 5.41) is 10.5. The molecule has 0 unspecified atom stereocenters. The molecule has 1 nitrogen and oxygen atoms in total. The van der Waals surface area contributed by atoms with Gasteiger partial charge in [0.05, 0.1) is 16.7 Å². The Morgan fingerprint density at radius 2 is 0.966 bits per heavy atom. The van der Waals surface area contributed by atoms with Crippen molar-refractivity contribution in [3.8, 4) is 39.1 Å². The number of para-hydroxylation sites is 1. The zero-order chi connectivity index (χ0) is 38.4. The molecule has 4 saturated carbocycles. The van der Waals surface area contributed by atoms with E-state index in [4.69, 9.17) is 0 Å². The van der Waals surface area contributed by atoms with Crippen LogP contribution in [0.1, 0.15) is 43.2 Å². The first-order valence-electron chi connectivity index (χ1n) is 21.9. The number of benzene rings is 9. The summed E-state index contributed by atoms with van der Waals surface area (Å²) in [4.78, 5) is 0. The number of fused-ring (bicyclic) bond motifs is 10. The van der Waals surface area contributed by atoms with Crippen LogP contribution < -0.4 is 0 Å². The Labute approximate surface area is 344 Å². The number of rotatable bonds is 3. The molecule has 0 atom stereocenters. The van der Waals surface area contributed by atoms with Crippen LogP contribution in [0.15, 0.2) is 176 Å². The molecule has 0 N–H and O–H groups in total. The molecule has 0 saturated heterocycles. The summed E-state index contributed by atoms with van der Waals surface area (Å²) in [5.74, 6) is 3.34. The van der Waals surface area contributed by atoms with Crippen molar-refractivity contribution in [3.05, 3.63) is 187 Å². The summed E-state index contributed by atoms with van der Waals surface area (Å²) >= 11 is 0. The topological polar surface area (TPSA) is 4.93 Å². The summed E-state index contributed by atoms with van der Waals surface area (Å²) in [5.41, 5.74) is 15.2. The van der Waals surface area contributed by atoms with Crippen LogP contribution in [0, 0.1) is 23.7 Å². The van der Waals surface area contributed by atoms with Crippen molar-refractivity contribution < 1.29 is 0 Å². The molecular formula is C58H43N. The highest BCUT2D eigenvalue weighted by atomic mass is 15.0. The van der Waals surface area contributed by atoms with Crippen molar-refractivity contribution in [2.45, 2.75) is 37.5 Å². The highest BCUT2D eigenvalue weighted by Crippen LogP contribution is 2.70. The summed E-state index contributed by atoms with van der Waals surface area (Å²) < 4.78 is 2.55. The smallest absolute Gasteiger partial charge is 0.0619 e. The van der Waals surface area contributed by atoms with Gasteiger partial charge in [0.25, 0.3) is 0 Å². The number of hydrogen-bond acceptors (Lipinski definition) is 0. The van der Waals surface area contributed by atoms with E-state index in [0.29, 0.717) is 0 Å². The van der Waals surface area contributed by atoms with Crippen molar-refractivity contribution in [1.82, 2.24) is 4.57 Å². The Hall–Kier alpha value is -6.44. The first-order valence-corrected chi connectivity index (χ1v) is 21.9. The summed E-state index contributed by atoms with van der Waals surface area (Å²) in [6.45, 7) is 0. The first kappa shape index (κ1) is 32.5. The maximum Gasteiger partial charge on any atom is 0.0619 e. The fourth-order valence-corrected chi connectivity index (χ4v) is 13.8. The van der Waals surface area contributed by atoms with E-state index in [1.807, 2.05) is 0 Å². The maximum absolute atomic E-state index is 2.59. The Kier molecular flexibility index (Phi) is 6.52. The molecule has 10 aromatic rings. The quantitative estimate of drug-likeness (QED) is 0.158. The van der Waals surface area contributed by atoms with Gasteiger partial charge in [0.1, 0.15) is 0 Å². The second-order valence-electron chi connectivity index (χ2n) is 18.4. The highest BCUT2D eigenvalue weighted by molar-refractivity contribution is 6.21. The zero-order valence-corrected chi connectivity index (χ0v) is 33.0. The van der Waals surface area contributed by atoms with Crippen LogP contribution in [-0.4, -0.2) is 4.57 Å². The average molecular weight is 754 g/mol. The van der Waals surface area contributed by atoms with E-state index in [9.17, 15) is 0 Å². The number of hydrogen-bond donors (Lipinski definition) is 0. The van der Waals surface area contributed by atoms with E-state index in [1.165, 1.54) is 125 Å². The largest absolute Gasteiger partial charge is 0.308 e. The lowest BCUT2D eigenvalue weighted by Crippen LogP contribution is -2.55. The van der Waals surface area contributed by atoms with Gasteiger partial charge in [0, 0.05) is 27.0 Å². The molecule has 5 aliphatic carbocycles. The standard InChI is InChI=1S/C58H43N/c1-2-13-38(14-3-1)55-45-17-6-8-19-48(45)57(49-20-9-7-18-46(49)55)59-53-21-11-10-16-44(53)51-34-40(24-27-54(51)59)39-23-26-52-50(33-39)47-25-22-37-12-4-5-15-43(37)56(47)58(52)41-29-35-28-36(31-41)32-42(58)30-35/h1-27,33-36,41-42H,28-32H2. The third kappa shape index (κ3) is 4.25. The molecule has 0 aliphatic heterocycles. The van der Waals surface area contributed by atoms with Gasteiger partial charge in [0.2, 0.25) is 0 Å². The number of nitrogens with zero attached hydrogens (tertiary/aromatic N) is 1. The van der Waals surface area contributed by atoms with Gasteiger partial charge in [-0.2, -0.15) is 0 Å². The van der Waals surface area contributed by atoms with Crippen LogP contribution in [0.3, 0.4) is 0 Å². The van der Waals surface area contributed by atoms with Crippen LogP contribution >= 0.6 is 0 Å². The molecule has 280 valence electrons. The molecule has 5 aliphatic rings. The summed E-state index contributed by atoms with van der Waals surface area (Å²) in [7, 11) is 0. The third-order valence-corrected chi connectivity index (χ3v) is 15.7. The number of aromatic nitrogens is 1. The minimum absolute atomic E-state index is 0.135. The van der Waals surface area contributed by atoms with Gasteiger partial charge in [-0.3, -0.25) is 0 Å². The van der Waals surface area contributed by atoms with Crippen molar-refractivity contribution in [2.75, 3.05) is 0 Å². The lowest BCUT2D eigenvalue weighted by molar-refractivity contribution is -0.0393. The molecule has 9 aromatic carbocycles. The molecule has 1 heterocycles. The second kappa shape index (κ2) is 11.8. The predicted molar refractivity (Wildman–Crippen MR) is 247 cm³/mol. The molecule has 0 amide bonds. The average Bonchev–Trinajstić information content (AvgIpc) is 3.77. The van der Waals surface area contributed by atoms with E-state index >= 15 is 0 Å². The lowest BCUT2D eigenvalue weighted by Gasteiger charge is -2.61. The predicted octanol–water partition coefficient (Wildman–Crippen LogP) is 15.3. The summed E-state index contributed by atoms with van der Waals surface area (Å²) in [6.07, 6.45) is 7.07. The molecule has 1 aromatic heterocycles. The van der Waals surface area contributed by atoms with Crippen molar-refractivity contribution in [3.63, 3.8) is 0 Å². The van der Waals surface area contributed by atoms with Crippen molar-refractivity contribution in [2.24, 2.45) is 23.7 Å². The molecule has 15 rings (SSSR count). The van der Waals surface area contributed by atoms with Gasteiger partial charge in [-0.25, -0.2) is 0 Å². The molecule has 4 fully saturated rings. The van der Waals surface area contributed by atoms with E-state index in [0.717, 1.165) is 23.7 Å². The van der Waals surface area contributed by atoms with Crippen LogP contribution in [0.2, 0.25) is 0 Å². The molecule has 1 spiro atoms. The second-order valence-corrected chi connectivity index (χ2v) is 18.4. The monoisotopic (exact) mass is 753 g/mol. The minimum Gasteiger partial charge on any atom is -0.308 e. The molecule has 0 radical (unpaired) electrons.